The Morgan fingerprint density at radius 3 is 2.72 bits per heavy atom. The smallest absolute Gasteiger partial charge is 0.316 e. The van der Waals surface area contributed by atoms with E-state index >= 15 is 0 Å². The lowest BCUT2D eigenvalue weighted by Gasteiger charge is -2.35. The number of amides is 2. The molecule has 0 bridgehead atoms. The van der Waals surface area contributed by atoms with Gasteiger partial charge in [-0.25, -0.2) is 9.48 Å². The first-order valence-corrected chi connectivity index (χ1v) is 9.24. The van der Waals surface area contributed by atoms with Gasteiger partial charge in [0, 0.05) is 25.9 Å². The Labute approximate surface area is 148 Å². The zero-order valence-corrected chi connectivity index (χ0v) is 14.9. The summed E-state index contributed by atoms with van der Waals surface area (Å²) in [5, 5.41) is 11.8. The minimum absolute atomic E-state index is 0.0457. The maximum atomic E-state index is 13.0. The molecule has 2 aromatic heterocycles. The fourth-order valence-electron chi connectivity index (χ4n) is 3.89. The highest BCUT2D eigenvalue weighted by Gasteiger charge is 2.33. The number of aromatic nitrogens is 4. The highest BCUT2D eigenvalue weighted by molar-refractivity contribution is 5.88. The predicted octanol–water partition coefficient (Wildman–Crippen LogP) is 3.35. The maximum absolute atomic E-state index is 13.0. The lowest BCUT2D eigenvalue weighted by atomic mass is 10.00. The minimum atomic E-state index is -0.0457. The van der Waals surface area contributed by atoms with E-state index < -0.39 is 0 Å². The molecule has 2 aliphatic rings. The van der Waals surface area contributed by atoms with E-state index in [1.165, 1.54) is 12.8 Å². The SMILES string of the molecule is C[C@@H](C1CC1)n1nccc1NC(=O)N1CCCC[C@H]1c1ccnn1C. The Balaban J connectivity index is 1.52. The Morgan fingerprint density at radius 1 is 1.20 bits per heavy atom. The van der Waals surface area contributed by atoms with Crippen molar-refractivity contribution in [3.63, 3.8) is 0 Å². The molecule has 4 rings (SSSR count). The summed E-state index contributed by atoms with van der Waals surface area (Å²) >= 11 is 0. The second-order valence-electron chi connectivity index (χ2n) is 7.25. The van der Waals surface area contributed by atoms with Crippen LogP contribution in [0.25, 0.3) is 0 Å². The van der Waals surface area contributed by atoms with Crippen molar-refractivity contribution in [2.45, 2.75) is 51.1 Å². The predicted molar refractivity (Wildman–Crippen MR) is 95.2 cm³/mol. The van der Waals surface area contributed by atoms with Gasteiger partial charge in [-0.15, -0.1) is 0 Å². The highest BCUT2D eigenvalue weighted by Crippen LogP contribution is 2.40. The van der Waals surface area contributed by atoms with Crippen LogP contribution in [0.2, 0.25) is 0 Å². The number of nitrogens with one attached hydrogen (secondary N) is 1. The molecular formula is C18H26N6O. The van der Waals surface area contributed by atoms with E-state index in [9.17, 15) is 4.79 Å². The molecule has 2 aromatic rings. The monoisotopic (exact) mass is 342 g/mol. The third-order valence-corrected chi connectivity index (χ3v) is 5.56. The molecule has 1 aliphatic carbocycles. The van der Waals surface area contributed by atoms with Crippen molar-refractivity contribution >= 4 is 11.8 Å². The molecule has 0 radical (unpaired) electrons. The molecule has 3 heterocycles. The van der Waals surface area contributed by atoms with Crippen LogP contribution in [0.1, 0.15) is 56.8 Å². The third kappa shape index (κ3) is 3.15. The van der Waals surface area contributed by atoms with E-state index in [1.54, 1.807) is 12.4 Å². The zero-order valence-electron chi connectivity index (χ0n) is 14.9. The number of urea groups is 1. The molecular weight excluding hydrogens is 316 g/mol. The van der Waals surface area contributed by atoms with Gasteiger partial charge in [0.25, 0.3) is 0 Å². The van der Waals surface area contributed by atoms with Crippen molar-refractivity contribution in [3.8, 4) is 0 Å². The van der Waals surface area contributed by atoms with Crippen LogP contribution in [0, 0.1) is 5.92 Å². The summed E-state index contributed by atoms with van der Waals surface area (Å²) in [6, 6.07) is 4.27. The maximum Gasteiger partial charge on any atom is 0.323 e. The van der Waals surface area contributed by atoms with Crippen molar-refractivity contribution < 1.29 is 4.79 Å². The summed E-state index contributed by atoms with van der Waals surface area (Å²) in [5.74, 6) is 1.48. The van der Waals surface area contributed by atoms with Crippen LogP contribution in [0.15, 0.2) is 24.5 Å². The quantitative estimate of drug-likeness (QED) is 0.926. The van der Waals surface area contributed by atoms with Gasteiger partial charge in [-0.1, -0.05) is 0 Å². The summed E-state index contributed by atoms with van der Waals surface area (Å²) in [6.07, 6.45) is 9.22. The van der Waals surface area contributed by atoms with Crippen LogP contribution < -0.4 is 5.32 Å². The third-order valence-electron chi connectivity index (χ3n) is 5.56. The van der Waals surface area contributed by atoms with Gasteiger partial charge in [0.2, 0.25) is 0 Å². The fourth-order valence-corrected chi connectivity index (χ4v) is 3.89. The Bertz CT molecular complexity index is 746. The van der Waals surface area contributed by atoms with Gasteiger partial charge in [-0.3, -0.25) is 10.00 Å². The number of carbonyl (C=O) groups excluding carboxylic acids is 1. The molecule has 1 N–H and O–H groups in total. The highest BCUT2D eigenvalue weighted by atomic mass is 16.2. The van der Waals surface area contributed by atoms with E-state index in [1.807, 2.05) is 33.4 Å². The average Bonchev–Trinajstić information content (AvgIpc) is 3.23. The van der Waals surface area contributed by atoms with Crippen LogP contribution in [-0.2, 0) is 7.05 Å². The molecule has 25 heavy (non-hydrogen) atoms. The van der Waals surface area contributed by atoms with Crippen LogP contribution >= 0.6 is 0 Å². The molecule has 2 amide bonds. The van der Waals surface area contributed by atoms with Gasteiger partial charge >= 0.3 is 6.03 Å². The summed E-state index contributed by atoms with van der Waals surface area (Å²) in [4.78, 5) is 14.9. The number of anilines is 1. The van der Waals surface area contributed by atoms with Crippen molar-refractivity contribution in [3.05, 3.63) is 30.2 Å². The summed E-state index contributed by atoms with van der Waals surface area (Å²) in [7, 11) is 1.94. The molecule has 7 heteroatoms. The molecule has 134 valence electrons. The van der Waals surface area contributed by atoms with Crippen molar-refractivity contribution in [1.82, 2.24) is 24.5 Å². The number of hydrogen-bond acceptors (Lipinski definition) is 3. The molecule has 0 spiro atoms. The van der Waals surface area contributed by atoms with Crippen LogP contribution in [-0.4, -0.2) is 37.0 Å². The number of hydrogen-bond donors (Lipinski definition) is 1. The van der Waals surface area contributed by atoms with E-state index in [0.29, 0.717) is 12.0 Å². The number of rotatable bonds is 4. The molecule has 1 saturated carbocycles. The topological polar surface area (TPSA) is 68.0 Å². The summed E-state index contributed by atoms with van der Waals surface area (Å²) in [6.45, 7) is 2.95. The zero-order chi connectivity index (χ0) is 17.4. The average molecular weight is 342 g/mol. The number of likely N-dealkylation sites (tertiary alicyclic amines) is 1. The van der Waals surface area contributed by atoms with Crippen molar-refractivity contribution in [2.24, 2.45) is 13.0 Å². The molecule has 0 aromatic carbocycles. The Morgan fingerprint density at radius 2 is 2.00 bits per heavy atom. The largest absolute Gasteiger partial charge is 0.323 e. The molecule has 7 nitrogen and oxygen atoms in total. The van der Waals surface area contributed by atoms with Crippen LogP contribution in [0.5, 0.6) is 0 Å². The molecule has 2 fully saturated rings. The number of nitrogens with zero attached hydrogens (tertiary/aromatic N) is 5. The van der Waals surface area contributed by atoms with Gasteiger partial charge in [0.15, 0.2) is 0 Å². The van der Waals surface area contributed by atoms with Crippen LogP contribution in [0.3, 0.4) is 0 Å². The van der Waals surface area contributed by atoms with Gasteiger partial charge in [0.05, 0.1) is 24.0 Å². The molecule has 2 atom stereocenters. The number of carbonyl (C=O) groups is 1. The standard InChI is InChI=1S/C18H26N6O/c1-13(14-6-7-14)24-17(9-11-20-24)21-18(25)23-12-4-3-5-16(23)15-8-10-19-22(15)2/h8-11,13-14,16H,3-7,12H2,1-2H3,(H,21,25)/t13-,16-/m0/s1. The lowest BCUT2D eigenvalue weighted by Crippen LogP contribution is -2.42. The normalized spacial score (nSPS) is 22.0. The first-order chi connectivity index (χ1) is 12.1. The van der Waals surface area contributed by atoms with Crippen molar-refractivity contribution in [2.75, 3.05) is 11.9 Å². The van der Waals surface area contributed by atoms with E-state index in [4.69, 9.17) is 0 Å². The van der Waals surface area contributed by atoms with E-state index in [2.05, 4.69) is 22.4 Å². The summed E-state index contributed by atoms with van der Waals surface area (Å²) in [5.41, 5.74) is 1.09. The fraction of sp³-hybridized carbons (Fsp3) is 0.611. The van der Waals surface area contributed by atoms with E-state index in [-0.39, 0.29) is 12.1 Å². The van der Waals surface area contributed by atoms with Crippen LogP contribution in [0.4, 0.5) is 10.6 Å². The van der Waals surface area contributed by atoms with E-state index in [0.717, 1.165) is 37.3 Å². The first-order valence-electron chi connectivity index (χ1n) is 9.24. The van der Waals surface area contributed by atoms with Crippen molar-refractivity contribution in [1.29, 1.82) is 0 Å². The first kappa shape index (κ1) is 16.2. The molecule has 1 saturated heterocycles. The second kappa shape index (κ2) is 6.54. The molecule has 1 aliphatic heterocycles. The second-order valence-corrected chi connectivity index (χ2v) is 7.25. The summed E-state index contributed by atoms with van der Waals surface area (Å²) < 4.78 is 3.83. The lowest BCUT2D eigenvalue weighted by molar-refractivity contribution is 0.159. The van der Waals surface area contributed by atoms with Gasteiger partial charge in [0.1, 0.15) is 5.82 Å². The van der Waals surface area contributed by atoms with Gasteiger partial charge in [-0.2, -0.15) is 10.2 Å². The Hall–Kier alpha value is -2.31. The van der Waals surface area contributed by atoms with Gasteiger partial charge < -0.3 is 4.90 Å². The van der Waals surface area contributed by atoms with Gasteiger partial charge in [-0.05, 0) is 51.0 Å². The minimum Gasteiger partial charge on any atom is -0.316 e. The molecule has 0 unspecified atom stereocenters. The number of piperidine rings is 1. The Kier molecular flexibility index (Phi) is 4.23. The number of aryl methyl sites for hydroxylation is 1.